The van der Waals surface area contributed by atoms with Crippen LogP contribution in [0.4, 0.5) is 0 Å². The molecule has 1 heterocycles. The smallest absolute Gasteiger partial charge is 0.0266 e. The first-order valence-electron chi connectivity index (χ1n) is 5.07. The lowest BCUT2D eigenvalue weighted by atomic mass is 10.1. The summed E-state index contributed by atoms with van der Waals surface area (Å²) in [6.07, 6.45) is 14.3. The van der Waals surface area contributed by atoms with Crippen LogP contribution < -0.4 is 0 Å². The van der Waals surface area contributed by atoms with Crippen LogP contribution in [0.25, 0.3) is 0 Å². The Morgan fingerprint density at radius 1 is 1.47 bits per heavy atom. The van der Waals surface area contributed by atoms with E-state index < -0.39 is 9.06 Å². The van der Waals surface area contributed by atoms with Crippen molar-refractivity contribution in [2.24, 2.45) is 0 Å². The summed E-state index contributed by atoms with van der Waals surface area (Å²) in [6, 6.07) is 6.37. The van der Waals surface area contributed by atoms with Gasteiger partial charge in [0.25, 0.3) is 0 Å². The van der Waals surface area contributed by atoms with Crippen molar-refractivity contribution in [2.75, 3.05) is 18.3 Å². The molecule has 1 radical (unpaired) electrons. The van der Waals surface area contributed by atoms with E-state index in [2.05, 4.69) is 30.6 Å². The van der Waals surface area contributed by atoms with Gasteiger partial charge < -0.3 is 0 Å². The molecule has 0 fully saturated rings. The first-order chi connectivity index (χ1) is 7.19. The van der Waals surface area contributed by atoms with E-state index in [1.54, 1.807) is 0 Å². The second-order valence-electron chi connectivity index (χ2n) is 3.93. The molecular weight excluding hydrogens is 220 g/mol. The Hall–Kier alpha value is -0.520. The summed E-state index contributed by atoms with van der Waals surface area (Å²) < 4.78 is 0. The Labute approximate surface area is 97.6 Å². The summed E-state index contributed by atoms with van der Waals surface area (Å²) in [6.45, 7) is 0. The van der Waals surface area contributed by atoms with E-state index in [1.165, 1.54) is 29.1 Å². The van der Waals surface area contributed by atoms with Crippen molar-refractivity contribution in [3.05, 3.63) is 35.7 Å². The van der Waals surface area contributed by atoms with Crippen molar-refractivity contribution in [2.45, 2.75) is 17.7 Å². The Morgan fingerprint density at radius 2 is 2.27 bits per heavy atom. The maximum absolute atomic E-state index is 7.20. The lowest BCUT2D eigenvalue weighted by molar-refractivity contribution is 0.883. The minimum Gasteiger partial charge on any atom is -0.169 e. The second kappa shape index (κ2) is 4.15. The zero-order chi connectivity index (χ0) is 10.9. The molecule has 0 nitrogen and oxygen atoms in total. The minimum atomic E-state index is -0.677. The minimum absolute atomic E-state index is 0.677. The first-order valence-corrected chi connectivity index (χ1v) is 9.02. The fourth-order valence-electron chi connectivity index (χ4n) is 2.06. The molecule has 2 heteroatoms. The Kier molecular flexibility index (Phi) is 3.04. The molecule has 1 aromatic carbocycles. The average Bonchev–Trinajstić information content (AvgIpc) is 2.29. The van der Waals surface area contributed by atoms with Crippen LogP contribution >= 0.6 is 19.9 Å². The zero-order valence-electron chi connectivity index (χ0n) is 9.17. The maximum atomic E-state index is 7.20. The van der Waals surface area contributed by atoms with Crippen LogP contribution in [-0.4, -0.2) is 18.3 Å². The van der Waals surface area contributed by atoms with E-state index in [1.807, 2.05) is 16.9 Å². The summed E-state index contributed by atoms with van der Waals surface area (Å²) in [5.41, 5.74) is 2.41. The van der Waals surface area contributed by atoms with E-state index in [-0.39, 0.29) is 0 Å². The van der Waals surface area contributed by atoms with Crippen LogP contribution in [-0.2, 0) is 6.42 Å². The normalized spacial score (nSPS) is 28.6. The zero-order valence-corrected chi connectivity index (χ0v) is 10.8. The molecule has 0 saturated heterocycles. The van der Waals surface area contributed by atoms with Gasteiger partial charge in [-0.3, -0.25) is 0 Å². The Balaban J connectivity index is 2.54. The first kappa shape index (κ1) is 11.0. The maximum Gasteiger partial charge on any atom is 0.0266 e. The van der Waals surface area contributed by atoms with Crippen molar-refractivity contribution >= 4 is 19.9 Å². The number of benzene rings is 1. The highest BCUT2D eigenvalue weighted by Crippen LogP contribution is 2.65. The highest BCUT2D eigenvalue weighted by atomic mass is 33.2. The Morgan fingerprint density at radius 3 is 2.93 bits per heavy atom. The summed E-state index contributed by atoms with van der Waals surface area (Å²) >= 11 is 0. The largest absolute Gasteiger partial charge is 0.169 e. The van der Waals surface area contributed by atoms with Crippen LogP contribution in [0, 0.1) is 12.3 Å². The molecule has 0 amide bonds. The second-order valence-corrected chi connectivity index (χ2v) is 10.3. The molecular formula is C13H15S2. The van der Waals surface area contributed by atoms with E-state index in [0.29, 0.717) is 0 Å². The third kappa shape index (κ3) is 1.91. The van der Waals surface area contributed by atoms with Gasteiger partial charge in [-0.1, -0.05) is 12.0 Å². The third-order valence-electron chi connectivity index (χ3n) is 3.02. The van der Waals surface area contributed by atoms with Crippen molar-refractivity contribution in [1.29, 1.82) is 0 Å². The van der Waals surface area contributed by atoms with Gasteiger partial charge in [0.2, 0.25) is 0 Å². The summed E-state index contributed by atoms with van der Waals surface area (Å²) in [5.74, 6) is 3.82. The molecule has 1 aromatic rings. The van der Waals surface area contributed by atoms with Crippen molar-refractivity contribution in [3.8, 4) is 5.92 Å². The fourth-order valence-corrected chi connectivity index (χ4v) is 6.28. The van der Waals surface area contributed by atoms with Gasteiger partial charge in [0.15, 0.2) is 0 Å². The predicted octanol–water partition coefficient (Wildman–Crippen LogP) is 3.64. The number of aryl methyl sites for hydroxylation is 1. The summed E-state index contributed by atoms with van der Waals surface area (Å²) in [5, 5.41) is 0. The van der Waals surface area contributed by atoms with Crippen molar-refractivity contribution in [3.63, 3.8) is 0 Å². The van der Waals surface area contributed by atoms with Crippen LogP contribution in [0.2, 0.25) is 0 Å². The van der Waals surface area contributed by atoms with Gasteiger partial charge in [-0.2, -0.15) is 9.06 Å². The van der Waals surface area contributed by atoms with Crippen molar-refractivity contribution < 1.29 is 0 Å². The van der Waals surface area contributed by atoms with Gasteiger partial charge in [0.1, 0.15) is 0 Å². The third-order valence-corrected chi connectivity index (χ3v) is 9.38. The lowest BCUT2D eigenvalue weighted by Crippen LogP contribution is -2.10. The fraction of sp³-hybridized carbons (Fsp3) is 0.385. The molecule has 79 valence electrons. The molecule has 1 unspecified atom stereocenters. The highest BCUT2D eigenvalue weighted by Gasteiger charge is 2.26. The highest BCUT2D eigenvalue weighted by molar-refractivity contribution is 8.93. The van der Waals surface area contributed by atoms with E-state index in [9.17, 15) is 0 Å². The van der Waals surface area contributed by atoms with Gasteiger partial charge in [-0.15, -0.1) is 10.8 Å². The molecule has 0 saturated carbocycles. The molecule has 0 spiro atoms. The number of hydrogen-bond acceptors (Lipinski definition) is 1. The topological polar surface area (TPSA) is 0 Å². The predicted molar refractivity (Wildman–Crippen MR) is 71.2 cm³/mol. The molecule has 1 atom stereocenters. The van der Waals surface area contributed by atoms with E-state index in [4.69, 9.17) is 6.42 Å². The van der Waals surface area contributed by atoms with Gasteiger partial charge in [0.05, 0.1) is 0 Å². The molecule has 0 bridgehead atoms. The quantitative estimate of drug-likeness (QED) is 0.529. The van der Waals surface area contributed by atoms with Crippen molar-refractivity contribution in [1.82, 2.24) is 0 Å². The molecule has 0 N–H and O–H groups in total. The Bertz CT molecular complexity index is 417. The number of hydrogen-bond donors (Lipinski definition) is 0. The summed E-state index contributed by atoms with van der Waals surface area (Å²) in [4.78, 5) is 1.50. The monoisotopic (exact) mass is 235 g/mol. The van der Waals surface area contributed by atoms with Gasteiger partial charge >= 0.3 is 0 Å². The standard InChI is InChI=1S/C13H15S2/c1-4-11-7-8-12-6-5-9-15(3,14-2)13(12)10-11/h7-8,10H,5-6,9H2,2-3H3. The van der Waals surface area contributed by atoms with Crippen LogP contribution in [0.5, 0.6) is 0 Å². The number of fused-ring (bicyclic) bond motifs is 1. The van der Waals surface area contributed by atoms with Crippen LogP contribution in [0.15, 0.2) is 23.1 Å². The average molecular weight is 235 g/mol. The lowest BCUT2D eigenvalue weighted by Gasteiger charge is -2.39. The molecule has 2 rings (SSSR count). The molecule has 0 aliphatic carbocycles. The molecule has 0 aromatic heterocycles. The van der Waals surface area contributed by atoms with Crippen LogP contribution in [0.1, 0.15) is 17.5 Å². The number of rotatable bonds is 1. The SMILES string of the molecule is [C]#Cc1ccc2c(c1)S(C)(SC)CCC2. The molecule has 1 aliphatic heterocycles. The van der Waals surface area contributed by atoms with E-state index in [0.717, 1.165) is 5.56 Å². The van der Waals surface area contributed by atoms with Gasteiger partial charge in [-0.05, 0) is 55.2 Å². The molecule has 1 aliphatic rings. The molecule has 15 heavy (non-hydrogen) atoms. The van der Waals surface area contributed by atoms with Crippen LogP contribution in [0.3, 0.4) is 0 Å². The van der Waals surface area contributed by atoms with Gasteiger partial charge in [-0.25, -0.2) is 0 Å². The van der Waals surface area contributed by atoms with E-state index >= 15 is 0 Å². The van der Waals surface area contributed by atoms with Gasteiger partial charge in [0, 0.05) is 10.5 Å². The summed E-state index contributed by atoms with van der Waals surface area (Å²) in [7, 11) is 1.33.